The molecule has 1 aliphatic heterocycles. The molecule has 1 aromatic rings. The second-order valence-corrected chi connectivity index (χ2v) is 6.00. The van der Waals surface area contributed by atoms with Crippen LogP contribution in [-0.2, 0) is 17.6 Å². The van der Waals surface area contributed by atoms with Crippen LogP contribution in [0.2, 0.25) is 0 Å². The first-order valence-electron chi connectivity index (χ1n) is 8.30. The van der Waals surface area contributed by atoms with Gasteiger partial charge in [-0.25, -0.2) is 0 Å². The molecule has 0 radical (unpaired) electrons. The first kappa shape index (κ1) is 16.8. The summed E-state index contributed by atoms with van der Waals surface area (Å²) in [5.41, 5.74) is 2.76. The monoisotopic (exact) mass is 303 g/mol. The lowest BCUT2D eigenvalue weighted by Crippen LogP contribution is -2.42. The molecule has 1 heterocycles. The number of nitrogens with zero attached hydrogens (tertiary/aromatic N) is 2. The van der Waals surface area contributed by atoms with Crippen molar-refractivity contribution in [2.24, 2.45) is 10.9 Å². The third-order valence-corrected chi connectivity index (χ3v) is 4.26. The molecule has 1 aliphatic rings. The SMILES string of the molecule is CCc1ccc(CCNC(=NC)N(C)CC2CCOC2)cc1. The Bertz CT molecular complexity index is 464. The summed E-state index contributed by atoms with van der Waals surface area (Å²) < 4.78 is 5.44. The number of hydrogen-bond donors (Lipinski definition) is 1. The van der Waals surface area contributed by atoms with Crippen molar-refractivity contribution in [2.45, 2.75) is 26.2 Å². The van der Waals surface area contributed by atoms with Crippen LogP contribution in [0.25, 0.3) is 0 Å². The van der Waals surface area contributed by atoms with Crippen LogP contribution in [0, 0.1) is 5.92 Å². The van der Waals surface area contributed by atoms with Crippen LogP contribution in [0.4, 0.5) is 0 Å². The molecule has 0 saturated carbocycles. The molecule has 1 saturated heterocycles. The van der Waals surface area contributed by atoms with Gasteiger partial charge >= 0.3 is 0 Å². The van der Waals surface area contributed by atoms with Gasteiger partial charge in [0.1, 0.15) is 0 Å². The maximum atomic E-state index is 5.44. The molecule has 0 aromatic heterocycles. The van der Waals surface area contributed by atoms with Gasteiger partial charge in [-0.05, 0) is 30.4 Å². The van der Waals surface area contributed by atoms with E-state index in [0.29, 0.717) is 5.92 Å². The van der Waals surface area contributed by atoms with E-state index in [2.05, 4.69) is 53.4 Å². The molecular formula is C18H29N3O. The standard InChI is InChI=1S/C18H29N3O/c1-4-15-5-7-16(8-6-15)9-11-20-18(19-2)21(3)13-17-10-12-22-14-17/h5-8,17H,4,9-14H2,1-3H3,(H,19,20). The fraction of sp³-hybridized carbons (Fsp3) is 0.611. The summed E-state index contributed by atoms with van der Waals surface area (Å²) in [4.78, 5) is 6.59. The van der Waals surface area contributed by atoms with Crippen molar-refractivity contribution < 1.29 is 4.74 Å². The number of aliphatic imine (C=N–C) groups is 1. The Kier molecular flexibility index (Phi) is 6.72. The van der Waals surface area contributed by atoms with E-state index < -0.39 is 0 Å². The van der Waals surface area contributed by atoms with E-state index in [-0.39, 0.29) is 0 Å². The second kappa shape index (κ2) is 8.79. The van der Waals surface area contributed by atoms with E-state index in [9.17, 15) is 0 Å². The van der Waals surface area contributed by atoms with Crippen LogP contribution in [0.3, 0.4) is 0 Å². The lowest BCUT2D eigenvalue weighted by atomic mass is 10.1. The molecule has 2 rings (SSSR count). The molecule has 4 nitrogen and oxygen atoms in total. The zero-order valence-electron chi connectivity index (χ0n) is 14.1. The third-order valence-electron chi connectivity index (χ3n) is 4.26. The predicted octanol–water partition coefficient (Wildman–Crippen LogP) is 2.34. The van der Waals surface area contributed by atoms with Crippen LogP contribution in [0.1, 0.15) is 24.5 Å². The Labute approximate surface area is 134 Å². The van der Waals surface area contributed by atoms with E-state index >= 15 is 0 Å². The molecule has 0 aliphatic carbocycles. The maximum Gasteiger partial charge on any atom is 0.193 e. The van der Waals surface area contributed by atoms with E-state index in [1.165, 1.54) is 11.1 Å². The van der Waals surface area contributed by atoms with Crippen LogP contribution >= 0.6 is 0 Å². The summed E-state index contributed by atoms with van der Waals surface area (Å²) in [7, 11) is 3.95. The number of hydrogen-bond acceptors (Lipinski definition) is 2. The predicted molar refractivity (Wildman–Crippen MR) is 92.4 cm³/mol. The highest BCUT2D eigenvalue weighted by atomic mass is 16.5. The van der Waals surface area contributed by atoms with Gasteiger partial charge in [0.25, 0.3) is 0 Å². The Morgan fingerprint density at radius 3 is 2.64 bits per heavy atom. The molecule has 1 fully saturated rings. The summed E-state index contributed by atoms with van der Waals surface area (Å²) in [5, 5.41) is 3.46. The Morgan fingerprint density at radius 1 is 1.32 bits per heavy atom. The largest absolute Gasteiger partial charge is 0.381 e. The molecule has 1 unspecified atom stereocenters. The molecular weight excluding hydrogens is 274 g/mol. The highest BCUT2D eigenvalue weighted by molar-refractivity contribution is 5.79. The average molecular weight is 303 g/mol. The number of ether oxygens (including phenoxy) is 1. The molecule has 122 valence electrons. The molecule has 1 N–H and O–H groups in total. The van der Waals surface area contributed by atoms with Crippen molar-refractivity contribution in [2.75, 3.05) is 40.4 Å². The van der Waals surface area contributed by atoms with Crippen molar-refractivity contribution in [1.29, 1.82) is 0 Å². The maximum absolute atomic E-state index is 5.44. The van der Waals surface area contributed by atoms with Crippen LogP contribution in [0.15, 0.2) is 29.3 Å². The summed E-state index contributed by atoms with van der Waals surface area (Å²) in [6.45, 7) is 5.88. The van der Waals surface area contributed by atoms with E-state index in [4.69, 9.17) is 4.74 Å². The van der Waals surface area contributed by atoms with Gasteiger partial charge in [-0.15, -0.1) is 0 Å². The zero-order valence-corrected chi connectivity index (χ0v) is 14.1. The smallest absolute Gasteiger partial charge is 0.193 e. The molecule has 1 aromatic carbocycles. The Balaban J connectivity index is 1.75. The van der Waals surface area contributed by atoms with Gasteiger partial charge < -0.3 is 15.0 Å². The Hall–Kier alpha value is -1.55. The summed E-state index contributed by atoms with van der Waals surface area (Å²) in [6, 6.07) is 8.89. The van der Waals surface area contributed by atoms with Gasteiger partial charge in [-0.1, -0.05) is 31.2 Å². The van der Waals surface area contributed by atoms with Crippen LogP contribution in [0.5, 0.6) is 0 Å². The molecule has 0 amide bonds. The van der Waals surface area contributed by atoms with Crippen LogP contribution < -0.4 is 5.32 Å². The molecule has 4 heteroatoms. The highest BCUT2D eigenvalue weighted by Crippen LogP contribution is 2.13. The minimum absolute atomic E-state index is 0.630. The zero-order chi connectivity index (χ0) is 15.8. The second-order valence-electron chi connectivity index (χ2n) is 6.00. The lowest BCUT2D eigenvalue weighted by Gasteiger charge is -2.24. The molecule has 22 heavy (non-hydrogen) atoms. The number of aryl methyl sites for hydroxylation is 1. The third kappa shape index (κ3) is 5.02. The van der Waals surface area contributed by atoms with Crippen molar-refractivity contribution in [1.82, 2.24) is 10.2 Å². The van der Waals surface area contributed by atoms with Gasteiger partial charge in [0.15, 0.2) is 5.96 Å². The highest BCUT2D eigenvalue weighted by Gasteiger charge is 2.18. The fourth-order valence-electron chi connectivity index (χ4n) is 2.85. The van der Waals surface area contributed by atoms with Crippen molar-refractivity contribution in [3.05, 3.63) is 35.4 Å². The minimum atomic E-state index is 0.630. The first-order chi connectivity index (χ1) is 10.7. The average Bonchev–Trinajstić information content (AvgIpc) is 3.05. The fourth-order valence-corrected chi connectivity index (χ4v) is 2.85. The minimum Gasteiger partial charge on any atom is -0.381 e. The quantitative estimate of drug-likeness (QED) is 0.647. The van der Waals surface area contributed by atoms with Gasteiger partial charge in [0.2, 0.25) is 0 Å². The summed E-state index contributed by atoms with van der Waals surface area (Å²) in [6.07, 6.45) is 3.27. The van der Waals surface area contributed by atoms with Crippen molar-refractivity contribution in [3.8, 4) is 0 Å². The Morgan fingerprint density at radius 2 is 2.05 bits per heavy atom. The van der Waals surface area contributed by atoms with Gasteiger partial charge in [0, 0.05) is 39.7 Å². The van der Waals surface area contributed by atoms with E-state index in [0.717, 1.165) is 51.5 Å². The topological polar surface area (TPSA) is 36.9 Å². The van der Waals surface area contributed by atoms with Gasteiger partial charge in [-0.2, -0.15) is 0 Å². The van der Waals surface area contributed by atoms with Crippen LogP contribution in [-0.4, -0.2) is 51.3 Å². The summed E-state index contributed by atoms with van der Waals surface area (Å²) >= 11 is 0. The van der Waals surface area contributed by atoms with Gasteiger partial charge in [-0.3, -0.25) is 4.99 Å². The first-order valence-corrected chi connectivity index (χ1v) is 8.30. The number of benzene rings is 1. The number of nitrogens with one attached hydrogen (secondary N) is 1. The molecule has 1 atom stereocenters. The summed E-state index contributed by atoms with van der Waals surface area (Å²) in [5.74, 6) is 1.60. The van der Waals surface area contributed by atoms with Crippen molar-refractivity contribution in [3.63, 3.8) is 0 Å². The van der Waals surface area contributed by atoms with Crippen molar-refractivity contribution >= 4 is 5.96 Å². The lowest BCUT2D eigenvalue weighted by molar-refractivity contribution is 0.181. The van der Waals surface area contributed by atoms with E-state index in [1.807, 2.05) is 7.05 Å². The molecule has 0 spiro atoms. The molecule has 0 bridgehead atoms. The van der Waals surface area contributed by atoms with E-state index in [1.54, 1.807) is 0 Å². The number of guanidine groups is 1. The van der Waals surface area contributed by atoms with Gasteiger partial charge in [0.05, 0.1) is 6.61 Å². The number of rotatable bonds is 6. The normalized spacial score (nSPS) is 18.5.